The fourth-order valence-corrected chi connectivity index (χ4v) is 4.89. The Balaban J connectivity index is 1.54. The van der Waals surface area contributed by atoms with E-state index in [0.29, 0.717) is 17.5 Å². The van der Waals surface area contributed by atoms with Crippen LogP contribution in [0.2, 0.25) is 0 Å². The van der Waals surface area contributed by atoms with Crippen LogP contribution in [0.5, 0.6) is 5.75 Å². The number of methoxy groups -OCH3 is 1. The monoisotopic (exact) mass is 442 g/mol. The van der Waals surface area contributed by atoms with Gasteiger partial charge in [-0.25, -0.2) is 9.38 Å². The largest absolute Gasteiger partial charge is 0.496 e. The molecule has 7 nitrogen and oxygen atoms in total. The van der Waals surface area contributed by atoms with Crippen molar-refractivity contribution in [3.63, 3.8) is 0 Å². The second-order valence-corrected chi connectivity index (χ2v) is 8.78. The predicted octanol–water partition coefficient (Wildman–Crippen LogP) is 3.42. The van der Waals surface area contributed by atoms with Crippen molar-refractivity contribution >= 4 is 29.5 Å². The molecule has 1 fully saturated rings. The third-order valence-electron chi connectivity index (χ3n) is 5.44. The lowest BCUT2D eigenvalue weighted by molar-refractivity contribution is 0.413. The zero-order valence-electron chi connectivity index (χ0n) is 17.6. The van der Waals surface area contributed by atoms with Crippen LogP contribution in [0, 0.1) is 18.2 Å². The van der Waals surface area contributed by atoms with Gasteiger partial charge in [-0.1, -0.05) is 0 Å². The van der Waals surface area contributed by atoms with Gasteiger partial charge in [0.05, 0.1) is 23.4 Å². The van der Waals surface area contributed by atoms with Crippen molar-refractivity contribution in [3.05, 3.63) is 45.7 Å². The number of aliphatic imine (C=N–C) groups is 1. The molecule has 2 aliphatic rings. The molecule has 1 aromatic heterocycles. The quantitative estimate of drug-likeness (QED) is 0.424. The van der Waals surface area contributed by atoms with E-state index in [4.69, 9.17) is 10.1 Å². The first-order valence-corrected chi connectivity index (χ1v) is 11.1. The molecule has 0 spiro atoms. The summed E-state index contributed by atoms with van der Waals surface area (Å²) in [5.74, 6) is 0.155. The van der Waals surface area contributed by atoms with E-state index in [1.54, 1.807) is 24.5 Å². The van der Waals surface area contributed by atoms with Gasteiger partial charge in [0.25, 0.3) is 0 Å². The van der Waals surface area contributed by atoms with Crippen LogP contribution >= 0.6 is 11.3 Å². The van der Waals surface area contributed by atoms with Crippen molar-refractivity contribution < 1.29 is 9.13 Å². The van der Waals surface area contributed by atoms with E-state index in [1.807, 2.05) is 19.3 Å². The summed E-state index contributed by atoms with van der Waals surface area (Å²) in [4.78, 5) is 6.64. The molecule has 3 heterocycles. The average Bonchev–Trinajstić information content (AvgIpc) is 3.12. The molecule has 1 atom stereocenters. The van der Waals surface area contributed by atoms with Crippen LogP contribution in [0.25, 0.3) is 11.1 Å². The Morgan fingerprint density at radius 3 is 2.90 bits per heavy atom. The molecule has 164 valence electrons. The molecule has 0 radical (unpaired) electrons. The number of nitrogens with one attached hydrogen (secondary N) is 5. The average molecular weight is 443 g/mol. The number of rotatable bonds is 7. The van der Waals surface area contributed by atoms with Crippen LogP contribution < -0.4 is 26.0 Å². The highest BCUT2D eigenvalue weighted by Gasteiger charge is 2.24. The molecule has 0 aliphatic carbocycles. The van der Waals surface area contributed by atoms with E-state index >= 15 is 0 Å². The molecule has 0 saturated carbocycles. The lowest BCUT2D eigenvalue weighted by Gasteiger charge is -2.25. The topological polar surface area (TPSA) is 93.6 Å². The minimum atomic E-state index is -0.422. The number of hydrogen-bond acceptors (Lipinski definition) is 8. The number of benzene rings is 1. The summed E-state index contributed by atoms with van der Waals surface area (Å²) in [5, 5.41) is 21.2. The van der Waals surface area contributed by atoms with E-state index in [1.165, 1.54) is 18.3 Å². The van der Waals surface area contributed by atoms with Crippen LogP contribution in [0.1, 0.15) is 22.6 Å². The maximum atomic E-state index is 13.7. The van der Waals surface area contributed by atoms with Gasteiger partial charge in [0, 0.05) is 46.7 Å². The van der Waals surface area contributed by atoms with E-state index in [9.17, 15) is 4.39 Å². The molecule has 4 rings (SSSR count). The van der Waals surface area contributed by atoms with Gasteiger partial charge in [0.1, 0.15) is 11.6 Å². The highest BCUT2D eigenvalue weighted by molar-refractivity contribution is 7.15. The zero-order chi connectivity index (χ0) is 21.8. The number of fused-ring (bicyclic) bond motifs is 1. The summed E-state index contributed by atoms with van der Waals surface area (Å²) in [6, 6.07) is 4.99. The van der Waals surface area contributed by atoms with E-state index in [2.05, 4.69) is 26.3 Å². The molecule has 2 aliphatic heterocycles. The third-order valence-corrected chi connectivity index (χ3v) is 6.48. The summed E-state index contributed by atoms with van der Waals surface area (Å²) >= 11 is 1.62. The number of allylic oxidation sites excluding steroid dienone is 1. The second-order valence-electron chi connectivity index (χ2n) is 7.52. The van der Waals surface area contributed by atoms with Crippen molar-refractivity contribution in [2.24, 2.45) is 4.99 Å². The molecule has 5 N–H and O–H groups in total. The van der Waals surface area contributed by atoms with Crippen molar-refractivity contribution in [2.75, 3.05) is 25.5 Å². The molecule has 0 amide bonds. The first kappa shape index (κ1) is 21.3. The predicted molar refractivity (Wildman–Crippen MR) is 125 cm³/mol. The van der Waals surface area contributed by atoms with E-state index < -0.39 is 6.29 Å². The number of halogens is 1. The summed E-state index contributed by atoms with van der Waals surface area (Å²) in [6.07, 6.45) is 6.66. The Morgan fingerprint density at radius 2 is 2.16 bits per heavy atom. The molecule has 1 unspecified atom stereocenters. The molecule has 9 heteroatoms. The maximum Gasteiger partial charge on any atom is 0.194 e. The minimum absolute atomic E-state index is 0.335. The number of aryl methyl sites for hydroxylation is 1. The van der Waals surface area contributed by atoms with Crippen LogP contribution in [-0.4, -0.2) is 45.0 Å². The summed E-state index contributed by atoms with van der Waals surface area (Å²) in [7, 11) is 1.54. The highest BCUT2D eigenvalue weighted by atomic mass is 32.1. The summed E-state index contributed by atoms with van der Waals surface area (Å²) in [5.41, 5.74) is 3.37. The Bertz CT molecular complexity index is 1010. The highest BCUT2D eigenvalue weighted by Crippen LogP contribution is 2.44. The lowest BCUT2D eigenvalue weighted by Crippen LogP contribution is -2.40. The van der Waals surface area contributed by atoms with Crippen molar-refractivity contribution in [2.45, 2.75) is 32.1 Å². The van der Waals surface area contributed by atoms with E-state index in [-0.39, 0.29) is 5.82 Å². The molecule has 1 saturated heterocycles. The number of hydrogen-bond donors (Lipinski definition) is 5. The van der Waals surface area contributed by atoms with Gasteiger partial charge in [-0.3, -0.25) is 0 Å². The first-order valence-electron chi connectivity index (χ1n) is 10.3. The molecule has 1 aromatic carbocycles. The molecule has 2 aromatic rings. The fourth-order valence-electron chi connectivity index (χ4n) is 3.86. The number of thiophene rings is 1. The lowest BCUT2D eigenvalue weighted by atomic mass is 10.0. The second kappa shape index (κ2) is 9.49. The Labute approximate surface area is 185 Å². The molecular weight excluding hydrogens is 415 g/mol. The van der Waals surface area contributed by atoms with Crippen LogP contribution in [0.15, 0.2) is 35.1 Å². The van der Waals surface area contributed by atoms with Crippen LogP contribution in [-0.2, 0) is 0 Å². The molecule has 0 bridgehead atoms. The minimum Gasteiger partial charge on any atom is -0.496 e. The van der Waals surface area contributed by atoms with E-state index in [0.717, 1.165) is 52.5 Å². The molecular formula is C22H27FN6OS. The number of anilines is 1. The normalized spacial score (nSPS) is 18.8. The third kappa shape index (κ3) is 4.72. The van der Waals surface area contributed by atoms with Crippen LogP contribution in [0.3, 0.4) is 0 Å². The van der Waals surface area contributed by atoms with Gasteiger partial charge in [-0.2, -0.15) is 0 Å². The Kier molecular flexibility index (Phi) is 6.53. The van der Waals surface area contributed by atoms with Crippen molar-refractivity contribution in [3.8, 4) is 16.9 Å². The standard InChI is InChI=1S/C22H27FN6OS/c1-13-20(17-4-3-14(23)9-18(17)30-2)21-19(31-13)12-27-22(29-21)28-16(10-24)11-26-15-5-7-25-8-6-15/h3-4,9-12,15,22,24-26,28-29H,5-8H2,1-2H3/b16-11+,24-10?. The van der Waals surface area contributed by atoms with Gasteiger partial charge in [0.15, 0.2) is 6.29 Å². The van der Waals surface area contributed by atoms with Crippen LogP contribution in [0.4, 0.5) is 10.1 Å². The summed E-state index contributed by atoms with van der Waals surface area (Å²) in [6.45, 7) is 4.04. The Morgan fingerprint density at radius 1 is 1.35 bits per heavy atom. The van der Waals surface area contributed by atoms with Crippen molar-refractivity contribution in [1.29, 1.82) is 5.41 Å². The SMILES string of the molecule is COc1cc(F)ccc1-c1c(C)sc2c1NC(N/C(C=N)=C/NC1CCNCC1)N=C2. The smallest absolute Gasteiger partial charge is 0.194 e. The molecule has 31 heavy (non-hydrogen) atoms. The fraction of sp³-hybridized carbons (Fsp3) is 0.364. The maximum absolute atomic E-state index is 13.7. The van der Waals surface area contributed by atoms with Gasteiger partial charge in [-0.05, 0) is 45.0 Å². The van der Waals surface area contributed by atoms with Gasteiger partial charge < -0.3 is 31.4 Å². The van der Waals surface area contributed by atoms with Gasteiger partial charge in [-0.15, -0.1) is 11.3 Å². The first-order chi connectivity index (χ1) is 15.1. The van der Waals surface area contributed by atoms with Gasteiger partial charge >= 0.3 is 0 Å². The number of piperidine rings is 1. The van der Waals surface area contributed by atoms with Crippen molar-refractivity contribution in [1.82, 2.24) is 16.0 Å². The number of ether oxygens (including phenoxy) is 1. The summed E-state index contributed by atoms with van der Waals surface area (Å²) < 4.78 is 19.1. The van der Waals surface area contributed by atoms with Gasteiger partial charge in [0.2, 0.25) is 0 Å². The Hall–Kier alpha value is -2.91. The zero-order valence-corrected chi connectivity index (χ0v) is 18.4. The number of nitrogens with zero attached hydrogens (tertiary/aromatic N) is 1.